The average Bonchev–Trinajstić information content (AvgIpc) is 3.00. The summed E-state index contributed by atoms with van der Waals surface area (Å²) in [4.78, 5) is 13.2. The third-order valence-electron chi connectivity index (χ3n) is 7.20. The van der Waals surface area contributed by atoms with Crippen molar-refractivity contribution in [2.24, 2.45) is 0 Å². The fourth-order valence-electron chi connectivity index (χ4n) is 5.25. The number of fused-ring (bicyclic) bond motifs is 3. The van der Waals surface area contributed by atoms with Crippen LogP contribution < -0.4 is 14.2 Å². The largest absolute Gasteiger partial charge is 0.494 e. The van der Waals surface area contributed by atoms with Crippen LogP contribution in [0.2, 0.25) is 0 Å². The molecular weight excluding hydrogens is 500 g/mol. The molecule has 0 saturated heterocycles. The molecule has 5 rings (SSSR count). The van der Waals surface area contributed by atoms with Crippen LogP contribution in [0, 0.1) is 6.92 Å². The van der Waals surface area contributed by atoms with Gasteiger partial charge in [-0.3, -0.25) is 0 Å². The molecule has 0 bridgehead atoms. The Hall–Kier alpha value is -4.25. The van der Waals surface area contributed by atoms with E-state index in [1.54, 1.807) is 0 Å². The van der Waals surface area contributed by atoms with E-state index in [2.05, 4.69) is 13.8 Å². The van der Waals surface area contributed by atoms with E-state index in [0.29, 0.717) is 31.1 Å². The minimum Gasteiger partial charge on any atom is -0.494 e. The molecule has 40 heavy (non-hydrogen) atoms. The molecule has 4 aromatic rings. The van der Waals surface area contributed by atoms with Crippen LogP contribution in [-0.2, 0) is 10.3 Å². The van der Waals surface area contributed by atoms with Crippen molar-refractivity contribution < 1.29 is 23.7 Å². The molecule has 0 amide bonds. The summed E-state index contributed by atoms with van der Waals surface area (Å²) in [6, 6.07) is 24.2. The van der Waals surface area contributed by atoms with E-state index in [0.717, 1.165) is 57.4 Å². The molecule has 0 saturated carbocycles. The first-order valence-electron chi connectivity index (χ1n) is 14.1. The minimum absolute atomic E-state index is 0.299. The van der Waals surface area contributed by atoms with E-state index in [1.807, 2.05) is 98.8 Å². The van der Waals surface area contributed by atoms with Crippen LogP contribution in [0.25, 0.3) is 16.8 Å². The molecular formula is C35H36O5. The summed E-state index contributed by atoms with van der Waals surface area (Å²) in [5.74, 6) is 1.94. The van der Waals surface area contributed by atoms with Crippen molar-refractivity contribution >= 4 is 22.8 Å². The Morgan fingerprint density at radius 1 is 0.775 bits per heavy atom. The molecule has 0 aliphatic carbocycles. The van der Waals surface area contributed by atoms with Gasteiger partial charge in [-0.2, -0.15) is 0 Å². The maximum absolute atomic E-state index is 13.2. The van der Waals surface area contributed by atoms with E-state index in [9.17, 15) is 4.79 Å². The van der Waals surface area contributed by atoms with Gasteiger partial charge < -0.3 is 18.9 Å². The normalized spacial score (nSPS) is 13.4. The number of carbonyl (C=O) groups is 1. The van der Waals surface area contributed by atoms with Gasteiger partial charge in [0.1, 0.15) is 17.2 Å². The first-order chi connectivity index (χ1) is 19.5. The molecule has 1 heterocycles. The minimum atomic E-state index is -0.941. The highest BCUT2D eigenvalue weighted by molar-refractivity contribution is 6.06. The number of rotatable bonds is 10. The van der Waals surface area contributed by atoms with Gasteiger partial charge in [0.05, 0.1) is 25.4 Å². The van der Waals surface area contributed by atoms with Crippen LogP contribution in [0.4, 0.5) is 0 Å². The summed E-state index contributed by atoms with van der Waals surface area (Å²) in [5.41, 5.74) is 3.10. The molecule has 0 aromatic heterocycles. The van der Waals surface area contributed by atoms with E-state index in [-0.39, 0.29) is 5.97 Å². The van der Waals surface area contributed by atoms with E-state index < -0.39 is 5.60 Å². The second kappa shape index (κ2) is 11.9. The highest BCUT2D eigenvalue weighted by Crippen LogP contribution is 2.47. The topological polar surface area (TPSA) is 54.0 Å². The van der Waals surface area contributed by atoms with Gasteiger partial charge in [-0.15, -0.1) is 0 Å². The fraction of sp³-hybridized carbons (Fsp3) is 0.286. The summed E-state index contributed by atoms with van der Waals surface area (Å²) in [6.45, 7) is 9.59. The van der Waals surface area contributed by atoms with Crippen molar-refractivity contribution in [1.29, 1.82) is 0 Å². The highest BCUT2D eigenvalue weighted by Gasteiger charge is 2.39. The zero-order valence-electron chi connectivity index (χ0n) is 23.7. The molecule has 5 heteroatoms. The van der Waals surface area contributed by atoms with Gasteiger partial charge in [0.25, 0.3) is 0 Å². The van der Waals surface area contributed by atoms with Gasteiger partial charge in [0.15, 0.2) is 5.60 Å². The first-order valence-corrected chi connectivity index (χ1v) is 14.1. The highest BCUT2D eigenvalue weighted by atomic mass is 16.5. The Bertz CT molecular complexity index is 1470. The Kier molecular flexibility index (Phi) is 8.11. The van der Waals surface area contributed by atoms with Crippen molar-refractivity contribution in [1.82, 2.24) is 0 Å². The molecule has 0 fully saturated rings. The number of carbonyl (C=O) groups excluding carboxylic acids is 1. The zero-order chi connectivity index (χ0) is 28.1. The van der Waals surface area contributed by atoms with Crippen LogP contribution >= 0.6 is 0 Å². The smallest absolute Gasteiger partial charge is 0.339 e. The van der Waals surface area contributed by atoms with Crippen molar-refractivity contribution in [3.63, 3.8) is 0 Å². The predicted octanol–water partition coefficient (Wildman–Crippen LogP) is 8.25. The van der Waals surface area contributed by atoms with E-state index in [4.69, 9.17) is 18.9 Å². The Balaban J connectivity index is 1.70. The Morgan fingerprint density at radius 2 is 1.32 bits per heavy atom. The zero-order valence-corrected chi connectivity index (χ0v) is 23.7. The van der Waals surface area contributed by atoms with Gasteiger partial charge in [0.2, 0.25) is 0 Å². The summed E-state index contributed by atoms with van der Waals surface area (Å²) in [7, 11) is 0. The summed E-state index contributed by atoms with van der Waals surface area (Å²) >= 11 is 0. The Labute approximate surface area is 236 Å². The van der Waals surface area contributed by atoms with Crippen LogP contribution in [0.15, 0.2) is 78.9 Å². The molecule has 206 valence electrons. The van der Waals surface area contributed by atoms with Crippen LogP contribution in [0.1, 0.15) is 66.2 Å². The van der Waals surface area contributed by atoms with Gasteiger partial charge in [-0.1, -0.05) is 62.4 Å². The van der Waals surface area contributed by atoms with Crippen molar-refractivity contribution in [3.05, 3.63) is 107 Å². The van der Waals surface area contributed by atoms with Crippen molar-refractivity contribution in [3.8, 4) is 17.2 Å². The second-order valence-corrected chi connectivity index (χ2v) is 9.93. The number of ether oxygens (including phenoxy) is 4. The maximum atomic E-state index is 13.2. The third-order valence-corrected chi connectivity index (χ3v) is 7.20. The first kappa shape index (κ1) is 27.3. The number of hydrogen-bond donors (Lipinski definition) is 0. The third kappa shape index (κ3) is 5.04. The van der Waals surface area contributed by atoms with Crippen molar-refractivity contribution in [2.75, 3.05) is 19.8 Å². The fourth-order valence-corrected chi connectivity index (χ4v) is 5.25. The van der Waals surface area contributed by atoms with Gasteiger partial charge in [-0.05, 0) is 74.1 Å². The summed E-state index contributed by atoms with van der Waals surface area (Å²) in [6.07, 6.45) is 5.93. The van der Waals surface area contributed by atoms with Gasteiger partial charge in [0, 0.05) is 22.1 Å². The van der Waals surface area contributed by atoms with Crippen LogP contribution in [0.3, 0.4) is 0 Å². The monoisotopic (exact) mass is 536 g/mol. The second-order valence-electron chi connectivity index (χ2n) is 9.93. The number of benzene rings is 4. The van der Waals surface area contributed by atoms with Crippen molar-refractivity contribution in [2.45, 2.75) is 46.1 Å². The van der Waals surface area contributed by atoms with Crippen LogP contribution in [-0.4, -0.2) is 25.8 Å². The molecule has 0 spiro atoms. The van der Waals surface area contributed by atoms with Crippen LogP contribution in [0.5, 0.6) is 17.2 Å². The molecule has 0 N–H and O–H groups in total. The lowest BCUT2D eigenvalue weighted by Crippen LogP contribution is -2.35. The predicted molar refractivity (Wildman–Crippen MR) is 160 cm³/mol. The molecule has 0 atom stereocenters. The Morgan fingerprint density at radius 3 is 1.85 bits per heavy atom. The molecule has 1 aliphatic heterocycles. The molecule has 5 nitrogen and oxygen atoms in total. The summed E-state index contributed by atoms with van der Waals surface area (Å²) in [5, 5.41) is 1.91. The lowest BCUT2D eigenvalue weighted by Gasteiger charge is -2.37. The average molecular weight is 537 g/mol. The lowest BCUT2D eigenvalue weighted by molar-refractivity contribution is 0.0524. The molecule has 4 aromatic carbocycles. The maximum Gasteiger partial charge on any atom is 0.339 e. The molecule has 1 aliphatic rings. The lowest BCUT2D eigenvalue weighted by atomic mass is 9.82. The number of esters is 1. The number of aryl methyl sites for hydroxylation is 1. The molecule has 0 radical (unpaired) electrons. The standard InChI is InChI=1S/C35H36O5/c1-5-22-38-27-16-12-25(13-17-27)35(26-14-18-28(19-15-26)39-23-6-2)21-20-31-32(34(36)37-7-3)24(4)29-10-8-9-11-30(29)33(31)40-35/h8-21H,5-7,22-23H2,1-4H3. The molecule has 0 unspecified atom stereocenters. The van der Waals surface area contributed by atoms with E-state index in [1.165, 1.54) is 0 Å². The summed E-state index contributed by atoms with van der Waals surface area (Å²) < 4.78 is 24.3. The number of hydrogen-bond acceptors (Lipinski definition) is 5. The SMILES string of the molecule is CCCOc1ccc(C2(c3ccc(OCCC)cc3)C=Cc3c(C(=O)OCC)c(C)c4ccccc4c3O2)cc1. The van der Waals surface area contributed by atoms with Gasteiger partial charge in [-0.25, -0.2) is 4.79 Å². The van der Waals surface area contributed by atoms with Gasteiger partial charge >= 0.3 is 5.97 Å². The quantitative estimate of drug-likeness (QED) is 0.191. The van der Waals surface area contributed by atoms with E-state index >= 15 is 0 Å².